The Bertz CT molecular complexity index is 262. The molecule has 0 bridgehead atoms. The molecular formula is C14H27NO. The maximum absolute atomic E-state index is 11.9. The fraction of sp³-hybridized carbons (Fsp3) is 0.929. The second-order valence-electron chi connectivity index (χ2n) is 7.10. The summed E-state index contributed by atoms with van der Waals surface area (Å²) in [6.45, 7) is 13.3. The van der Waals surface area contributed by atoms with Gasteiger partial charge < -0.3 is 5.32 Å². The van der Waals surface area contributed by atoms with Crippen LogP contribution in [-0.4, -0.2) is 11.9 Å². The van der Waals surface area contributed by atoms with Crippen LogP contribution in [0.25, 0.3) is 0 Å². The van der Waals surface area contributed by atoms with Crippen molar-refractivity contribution in [1.82, 2.24) is 5.32 Å². The highest BCUT2D eigenvalue weighted by atomic mass is 16.2. The summed E-state index contributed by atoms with van der Waals surface area (Å²) < 4.78 is 0. The van der Waals surface area contributed by atoms with Gasteiger partial charge in [-0.1, -0.05) is 41.5 Å². The molecule has 0 spiro atoms. The topological polar surface area (TPSA) is 29.1 Å². The zero-order chi connectivity index (χ0) is 12.6. The van der Waals surface area contributed by atoms with Crippen LogP contribution in [0.2, 0.25) is 0 Å². The van der Waals surface area contributed by atoms with Crippen LogP contribution in [0.1, 0.15) is 60.8 Å². The first-order valence-electron chi connectivity index (χ1n) is 6.46. The fourth-order valence-electron chi connectivity index (χ4n) is 2.42. The SMILES string of the molecule is CCC(C)(C)C1CC(CC(C)(C)C)C(=O)N1. The average molecular weight is 225 g/mol. The zero-order valence-electron chi connectivity index (χ0n) is 11.7. The molecule has 1 heterocycles. The van der Waals surface area contributed by atoms with Gasteiger partial charge in [-0.05, 0) is 30.1 Å². The van der Waals surface area contributed by atoms with Crippen molar-refractivity contribution in [3.8, 4) is 0 Å². The van der Waals surface area contributed by atoms with Gasteiger partial charge in [-0.25, -0.2) is 0 Å². The van der Waals surface area contributed by atoms with E-state index in [2.05, 4.69) is 46.9 Å². The molecule has 1 rings (SSSR count). The van der Waals surface area contributed by atoms with Gasteiger partial charge in [0.05, 0.1) is 0 Å². The van der Waals surface area contributed by atoms with E-state index in [9.17, 15) is 4.79 Å². The summed E-state index contributed by atoms with van der Waals surface area (Å²) in [5.74, 6) is 0.484. The molecule has 0 radical (unpaired) electrons. The van der Waals surface area contributed by atoms with E-state index in [1.165, 1.54) is 0 Å². The highest BCUT2D eigenvalue weighted by Crippen LogP contribution is 2.37. The molecule has 2 heteroatoms. The lowest BCUT2D eigenvalue weighted by Gasteiger charge is -2.30. The third-order valence-electron chi connectivity index (χ3n) is 3.92. The molecule has 0 aromatic heterocycles. The van der Waals surface area contributed by atoms with Crippen molar-refractivity contribution in [2.45, 2.75) is 66.8 Å². The van der Waals surface area contributed by atoms with Crippen LogP contribution in [0.4, 0.5) is 0 Å². The molecule has 1 N–H and O–H groups in total. The van der Waals surface area contributed by atoms with Crippen LogP contribution >= 0.6 is 0 Å². The van der Waals surface area contributed by atoms with Gasteiger partial charge in [-0.2, -0.15) is 0 Å². The molecular weight excluding hydrogens is 198 g/mol. The van der Waals surface area contributed by atoms with Crippen LogP contribution in [0.15, 0.2) is 0 Å². The van der Waals surface area contributed by atoms with E-state index in [1.807, 2.05) is 0 Å². The monoisotopic (exact) mass is 225 g/mol. The minimum absolute atomic E-state index is 0.218. The Labute approximate surface area is 100 Å². The molecule has 2 atom stereocenters. The largest absolute Gasteiger partial charge is 0.353 e. The zero-order valence-corrected chi connectivity index (χ0v) is 11.7. The van der Waals surface area contributed by atoms with Crippen molar-refractivity contribution in [3.63, 3.8) is 0 Å². The summed E-state index contributed by atoms with van der Waals surface area (Å²) in [4.78, 5) is 11.9. The summed E-state index contributed by atoms with van der Waals surface area (Å²) in [5, 5.41) is 3.18. The van der Waals surface area contributed by atoms with Gasteiger partial charge in [-0.15, -0.1) is 0 Å². The van der Waals surface area contributed by atoms with E-state index in [0.717, 1.165) is 19.3 Å². The first-order chi connectivity index (χ1) is 7.15. The number of hydrogen-bond acceptors (Lipinski definition) is 1. The molecule has 0 aromatic carbocycles. The van der Waals surface area contributed by atoms with Gasteiger partial charge in [0.2, 0.25) is 5.91 Å². The molecule has 1 fully saturated rings. The predicted molar refractivity (Wildman–Crippen MR) is 68.2 cm³/mol. The summed E-state index contributed by atoms with van der Waals surface area (Å²) in [6, 6.07) is 0.359. The summed E-state index contributed by atoms with van der Waals surface area (Å²) >= 11 is 0. The number of carbonyl (C=O) groups is 1. The Kier molecular flexibility index (Phi) is 3.71. The lowest BCUT2D eigenvalue weighted by atomic mass is 9.77. The third-order valence-corrected chi connectivity index (χ3v) is 3.92. The smallest absolute Gasteiger partial charge is 0.223 e. The van der Waals surface area contributed by atoms with Crippen LogP contribution < -0.4 is 5.32 Å². The van der Waals surface area contributed by atoms with Crippen molar-refractivity contribution >= 4 is 5.91 Å². The van der Waals surface area contributed by atoms with Crippen LogP contribution in [0, 0.1) is 16.7 Å². The highest BCUT2D eigenvalue weighted by molar-refractivity contribution is 5.81. The lowest BCUT2D eigenvalue weighted by Crippen LogP contribution is -2.38. The third kappa shape index (κ3) is 3.23. The molecule has 0 saturated carbocycles. The lowest BCUT2D eigenvalue weighted by molar-refractivity contribution is -0.123. The Morgan fingerprint density at radius 1 is 1.25 bits per heavy atom. The molecule has 2 nitrogen and oxygen atoms in total. The molecule has 94 valence electrons. The van der Waals surface area contributed by atoms with E-state index < -0.39 is 0 Å². The van der Waals surface area contributed by atoms with Crippen molar-refractivity contribution in [3.05, 3.63) is 0 Å². The molecule has 2 unspecified atom stereocenters. The number of rotatable bonds is 3. The van der Waals surface area contributed by atoms with Crippen LogP contribution in [0.5, 0.6) is 0 Å². The Balaban J connectivity index is 2.64. The Hall–Kier alpha value is -0.530. The average Bonchev–Trinajstić information content (AvgIpc) is 2.46. The maximum atomic E-state index is 11.9. The quantitative estimate of drug-likeness (QED) is 0.784. The summed E-state index contributed by atoms with van der Waals surface area (Å²) in [6.07, 6.45) is 3.12. The second kappa shape index (κ2) is 4.38. The summed E-state index contributed by atoms with van der Waals surface area (Å²) in [5.41, 5.74) is 0.468. The van der Waals surface area contributed by atoms with E-state index >= 15 is 0 Å². The maximum Gasteiger partial charge on any atom is 0.223 e. The molecule has 0 aliphatic carbocycles. The molecule has 1 saturated heterocycles. The normalized spacial score (nSPS) is 27.0. The molecule has 0 aromatic rings. The van der Waals surface area contributed by atoms with Crippen molar-refractivity contribution < 1.29 is 4.79 Å². The number of hydrogen-bond donors (Lipinski definition) is 1. The van der Waals surface area contributed by atoms with Crippen LogP contribution in [-0.2, 0) is 4.79 Å². The van der Waals surface area contributed by atoms with E-state index in [0.29, 0.717) is 6.04 Å². The number of carbonyl (C=O) groups excluding carboxylic acids is 1. The molecule has 16 heavy (non-hydrogen) atoms. The van der Waals surface area contributed by atoms with Gasteiger partial charge in [0.25, 0.3) is 0 Å². The van der Waals surface area contributed by atoms with Crippen molar-refractivity contribution in [2.24, 2.45) is 16.7 Å². The van der Waals surface area contributed by atoms with Gasteiger partial charge in [0, 0.05) is 12.0 Å². The van der Waals surface area contributed by atoms with Crippen molar-refractivity contribution in [1.29, 1.82) is 0 Å². The number of amides is 1. The molecule has 1 amide bonds. The van der Waals surface area contributed by atoms with Crippen molar-refractivity contribution in [2.75, 3.05) is 0 Å². The van der Waals surface area contributed by atoms with Gasteiger partial charge in [0.1, 0.15) is 0 Å². The first-order valence-corrected chi connectivity index (χ1v) is 6.46. The second-order valence-corrected chi connectivity index (χ2v) is 7.10. The highest BCUT2D eigenvalue weighted by Gasteiger charge is 2.40. The van der Waals surface area contributed by atoms with Gasteiger partial charge >= 0.3 is 0 Å². The van der Waals surface area contributed by atoms with Gasteiger partial charge in [0.15, 0.2) is 0 Å². The minimum atomic E-state index is 0.218. The Morgan fingerprint density at radius 3 is 2.25 bits per heavy atom. The number of nitrogens with one attached hydrogen (secondary N) is 1. The van der Waals surface area contributed by atoms with Gasteiger partial charge in [-0.3, -0.25) is 4.79 Å². The first kappa shape index (κ1) is 13.5. The summed E-state index contributed by atoms with van der Waals surface area (Å²) in [7, 11) is 0. The predicted octanol–water partition coefficient (Wildman–Crippen LogP) is 3.36. The van der Waals surface area contributed by atoms with E-state index in [1.54, 1.807) is 0 Å². The van der Waals surface area contributed by atoms with E-state index in [4.69, 9.17) is 0 Å². The standard InChI is InChI=1S/C14H27NO/c1-7-14(5,6)11-8-10(12(16)15-11)9-13(2,3)4/h10-11H,7-9H2,1-6H3,(H,15,16). The van der Waals surface area contributed by atoms with Crippen LogP contribution in [0.3, 0.4) is 0 Å². The molecule has 1 aliphatic rings. The minimum Gasteiger partial charge on any atom is -0.353 e. The fourth-order valence-corrected chi connectivity index (χ4v) is 2.42. The molecule has 1 aliphatic heterocycles. The Morgan fingerprint density at radius 2 is 1.81 bits per heavy atom. The van der Waals surface area contributed by atoms with E-state index in [-0.39, 0.29) is 22.7 Å².